The molecule has 16 heavy (non-hydrogen) atoms. The van der Waals surface area contributed by atoms with Gasteiger partial charge in [-0.15, -0.1) is 0 Å². The summed E-state index contributed by atoms with van der Waals surface area (Å²) in [6, 6.07) is 0. The van der Waals surface area contributed by atoms with E-state index in [1.807, 2.05) is 0 Å². The van der Waals surface area contributed by atoms with Gasteiger partial charge in [0.15, 0.2) is 12.0 Å². The lowest BCUT2D eigenvalue weighted by atomic mass is 9.90. The Morgan fingerprint density at radius 2 is 2.25 bits per heavy atom. The van der Waals surface area contributed by atoms with Crippen LogP contribution in [0.5, 0.6) is 0 Å². The minimum atomic E-state index is -5.04. The molecular weight excluding hydrogens is 231 g/mol. The molecule has 2 aliphatic rings. The Labute approximate surface area is 87.9 Å². The molecule has 0 radical (unpaired) electrons. The summed E-state index contributed by atoms with van der Waals surface area (Å²) in [6.45, 7) is 0.0519. The number of alkyl halides is 3. The number of Topliss-reactive ketones (excluding diaryl/α,β-unsaturated/α-hetero) is 1. The van der Waals surface area contributed by atoms with Gasteiger partial charge in [-0.1, -0.05) is 0 Å². The van der Waals surface area contributed by atoms with Gasteiger partial charge in [0, 0.05) is 13.0 Å². The molecule has 5 nitrogen and oxygen atoms in total. The van der Waals surface area contributed by atoms with Crippen LogP contribution in [0.2, 0.25) is 0 Å². The van der Waals surface area contributed by atoms with Crippen LogP contribution in [0.15, 0.2) is 0 Å². The molecule has 2 atom stereocenters. The maximum atomic E-state index is 11.9. The number of halogens is 3. The Hall–Kier alpha value is -1.15. The first kappa shape index (κ1) is 11.3. The molecule has 0 aliphatic carbocycles. The molecule has 0 bridgehead atoms. The van der Waals surface area contributed by atoms with Crippen molar-refractivity contribution >= 4 is 11.8 Å². The fourth-order valence-electron chi connectivity index (χ4n) is 1.68. The predicted molar refractivity (Wildman–Crippen MR) is 42.2 cm³/mol. The number of ether oxygens (including phenoxy) is 2. The SMILES string of the molecule is O=C1COC2(CNC2OC(=O)C(F)(F)F)C1. The summed E-state index contributed by atoms with van der Waals surface area (Å²) in [6.07, 6.45) is -6.27. The second kappa shape index (κ2) is 3.42. The Morgan fingerprint density at radius 3 is 2.62 bits per heavy atom. The lowest BCUT2D eigenvalue weighted by molar-refractivity contribution is -0.233. The lowest BCUT2D eigenvalue weighted by Crippen LogP contribution is -2.69. The second-order valence-electron chi connectivity index (χ2n) is 3.73. The van der Waals surface area contributed by atoms with Gasteiger partial charge in [0.1, 0.15) is 12.2 Å². The maximum Gasteiger partial charge on any atom is 0.490 e. The van der Waals surface area contributed by atoms with Crippen LogP contribution in [0.1, 0.15) is 6.42 Å². The Kier molecular flexibility index (Phi) is 2.43. The summed E-state index contributed by atoms with van der Waals surface area (Å²) in [4.78, 5) is 21.5. The van der Waals surface area contributed by atoms with Crippen LogP contribution in [0, 0.1) is 0 Å². The largest absolute Gasteiger partial charge is 0.490 e. The molecule has 2 fully saturated rings. The fourth-order valence-corrected chi connectivity index (χ4v) is 1.68. The summed E-state index contributed by atoms with van der Waals surface area (Å²) < 4.78 is 45.0. The molecule has 2 aliphatic heterocycles. The van der Waals surface area contributed by atoms with Gasteiger partial charge in [0.25, 0.3) is 0 Å². The van der Waals surface area contributed by atoms with E-state index in [9.17, 15) is 22.8 Å². The van der Waals surface area contributed by atoms with Gasteiger partial charge in [0.05, 0.1) is 0 Å². The van der Waals surface area contributed by atoms with E-state index in [4.69, 9.17) is 4.74 Å². The molecule has 1 N–H and O–H groups in total. The molecule has 0 aromatic heterocycles. The molecule has 2 saturated heterocycles. The highest BCUT2D eigenvalue weighted by molar-refractivity contribution is 5.83. The highest BCUT2D eigenvalue weighted by atomic mass is 19.4. The average molecular weight is 239 g/mol. The fraction of sp³-hybridized carbons (Fsp3) is 0.750. The topological polar surface area (TPSA) is 64.6 Å². The molecule has 0 saturated carbocycles. The van der Waals surface area contributed by atoms with Crippen LogP contribution in [-0.4, -0.2) is 42.9 Å². The molecule has 0 amide bonds. The van der Waals surface area contributed by atoms with Gasteiger partial charge in [-0.25, -0.2) is 4.79 Å². The number of hydrogen-bond acceptors (Lipinski definition) is 5. The van der Waals surface area contributed by atoms with Gasteiger partial charge < -0.3 is 9.47 Å². The number of carbonyl (C=O) groups is 2. The Morgan fingerprint density at radius 1 is 1.56 bits per heavy atom. The first-order chi connectivity index (χ1) is 7.33. The van der Waals surface area contributed by atoms with Crippen molar-refractivity contribution in [2.75, 3.05) is 13.2 Å². The Balaban J connectivity index is 1.97. The number of hydrogen-bond donors (Lipinski definition) is 1. The number of ketones is 1. The molecular formula is C8H8F3NO4. The molecule has 90 valence electrons. The molecule has 0 aromatic carbocycles. The van der Waals surface area contributed by atoms with E-state index in [1.165, 1.54) is 0 Å². The van der Waals surface area contributed by atoms with Gasteiger partial charge in [-0.2, -0.15) is 13.2 Å². The third kappa shape index (κ3) is 1.78. The van der Waals surface area contributed by atoms with Crippen molar-refractivity contribution in [3.8, 4) is 0 Å². The molecule has 2 heterocycles. The predicted octanol–water partition coefficient (Wildman–Crippen LogP) is -0.251. The minimum absolute atomic E-state index is 0.0319. The van der Waals surface area contributed by atoms with Crippen molar-refractivity contribution in [1.29, 1.82) is 0 Å². The highest BCUT2D eigenvalue weighted by Crippen LogP contribution is 2.34. The lowest BCUT2D eigenvalue weighted by Gasteiger charge is -2.44. The van der Waals surface area contributed by atoms with Gasteiger partial charge >= 0.3 is 12.1 Å². The van der Waals surface area contributed by atoms with E-state index >= 15 is 0 Å². The van der Waals surface area contributed by atoms with Crippen LogP contribution in [0.4, 0.5) is 13.2 Å². The van der Waals surface area contributed by atoms with Crippen molar-refractivity contribution in [1.82, 2.24) is 5.32 Å². The normalized spacial score (nSPS) is 33.9. The van der Waals surface area contributed by atoms with E-state index in [0.29, 0.717) is 0 Å². The summed E-state index contributed by atoms with van der Waals surface area (Å²) in [5, 5.41) is 2.48. The van der Waals surface area contributed by atoms with Crippen molar-refractivity contribution in [3.63, 3.8) is 0 Å². The molecule has 1 spiro atoms. The molecule has 0 aromatic rings. The van der Waals surface area contributed by atoms with Crippen LogP contribution in [0.3, 0.4) is 0 Å². The van der Waals surface area contributed by atoms with Gasteiger partial charge in [-0.3, -0.25) is 10.1 Å². The van der Waals surface area contributed by atoms with Crippen molar-refractivity contribution in [2.24, 2.45) is 0 Å². The molecule has 2 unspecified atom stereocenters. The van der Waals surface area contributed by atoms with Crippen LogP contribution < -0.4 is 5.32 Å². The smallest absolute Gasteiger partial charge is 0.437 e. The van der Waals surface area contributed by atoms with Crippen molar-refractivity contribution < 1.29 is 32.2 Å². The van der Waals surface area contributed by atoms with E-state index in [-0.39, 0.29) is 25.4 Å². The van der Waals surface area contributed by atoms with E-state index < -0.39 is 24.0 Å². The average Bonchev–Trinajstić information content (AvgIpc) is 2.55. The van der Waals surface area contributed by atoms with E-state index in [0.717, 1.165) is 0 Å². The van der Waals surface area contributed by atoms with Crippen LogP contribution in [-0.2, 0) is 19.1 Å². The third-order valence-electron chi connectivity index (χ3n) is 2.54. The minimum Gasteiger partial charge on any atom is -0.437 e. The Bertz CT molecular complexity index is 343. The maximum absolute atomic E-state index is 11.9. The monoisotopic (exact) mass is 239 g/mol. The van der Waals surface area contributed by atoms with Crippen LogP contribution in [0.25, 0.3) is 0 Å². The number of rotatable bonds is 1. The van der Waals surface area contributed by atoms with E-state index in [2.05, 4.69) is 10.1 Å². The summed E-state index contributed by atoms with van der Waals surface area (Å²) in [5.41, 5.74) is -1.10. The number of esters is 1. The zero-order chi connectivity index (χ0) is 12.0. The third-order valence-corrected chi connectivity index (χ3v) is 2.54. The summed E-state index contributed by atoms with van der Waals surface area (Å²) in [7, 11) is 0. The quantitative estimate of drug-likeness (QED) is 0.639. The van der Waals surface area contributed by atoms with Crippen molar-refractivity contribution in [2.45, 2.75) is 24.4 Å². The zero-order valence-corrected chi connectivity index (χ0v) is 7.97. The summed E-state index contributed by atoms with van der Waals surface area (Å²) >= 11 is 0. The highest BCUT2D eigenvalue weighted by Gasteiger charge is 2.57. The number of nitrogens with one attached hydrogen (secondary N) is 1. The van der Waals surface area contributed by atoms with E-state index in [1.54, 1.807) is 0 Å². The first-order valence-electron chi connectivity index (χ1n) is 4.50. The zero-order valence-electron chi connectivity index (χ0n) is 7.97. The van der Waals surface area contributed by atoms with Crippen molar-refractivity contribution in [3.05, 3.63) is 0 Å². The molecule has 2 rings (SSSR count). The van der Waals surface area contributed by atoms with Gasteiger partial charge in [0.2, 0.25) is 0 Å². The van der Waals surface area contributed by atoms with Gasteiger partial charge in [-0.05, 0) is 0 Å². The standard InChI is InChI=1S/C8H8F3NO4/c9-8(10,11)6(14)16-5-7(3-12-5)1-4(13)2-15-7/h5,12H,1-3H2. The number of carbonyl (C=O) groups excluding carboxylic acids is 2. The van der Waals surface area contributed by atoms with Crippen LogP contribution >= 0.6 is 0 Å². The summed E-state index contributed by atoms with van der Waals surface area (Å²) in [5.74, 6) is -2.50. The molecule has 8 heteroatoms. The first-order valence-corrected chi connectivity index (χ1v) is 4.50. The second-order valence-corrected chi connectivity index (χ2v) is 3.73.